The minimum absolute atomic E-state index is 0.0582. The molecule has 2 fully saturated rings. The van der Waals surface area contributed by atoms with Crippen molar-refractivity contribution in [2.75, 3.05) is 19.6 Å². The van der Waals surface area contributed by atoms with Crippen molar-refractivity contribution in [1.82, 2.24) is 25.0 Å². The van der Waals surface area contributed by atoms with Gasteiger partial charge >= 0.3 is 0 Å². The second-order valence-corrected chi connectivity index (χ2v) is 6.49. The van der Waals surface area contributed by atoms with E-state index in [2.05, 4.69) is 31.9 Å². The Bertz CT molecular complexity index is 643. The average Bonchev–Trinajstić information content (AvgIpc) is 3.21. The molecule has 6 heteroatoms. The summed E-state index contributed by atoms with van der Waals surface area (Å²) >= 11 is 0. The summed E-state index contributed by atoms with van der Waals surface area (Å²) in [4.78, 5) is 15.6. The number of nitrogens with zero attached hydrogens (tertiary/aromatic N) is 5. The number of fused-ring (bicyclic) bond motifs is 1. The molecular weight excluding hydrogens is 278 g/mol. The molecule has 2 aliphatic rings. The van der Waals surface area contributed by atoms with E-state index in [4.69, 9.17) is 4.52 Å². The summed E-state index contributed by atoms with van der Waals surface area (Å²) < 4.78 is 5.68. The van der Waals surface area contributed by atoms with Crippen LogP contribution in [-0.4, -0.2) is 44.6 Å². The number of hydrogen-bond acceptors (Lipinski definition) is 6. The summed E-state index contributed by atoms with van der Waals surface area (Å²) in [5.74, 6) is 2.00. The van der Waals surface area contributed by atoms with Crippen molar-refractivity contribution < 1.29 is 4.52 Å². The van der Waals surface area contributed by atoms with Crippen LogP contribution in [0.2, 0.25) is 0 Å². The molecule has 1 aliphatic heterocycles. The Balaban J connectivity index is 1.65. The standard InChI is InChI=1S/C16H21N5O/c1-2-8-21-10-12-4-3-5-16(12,11-21)15-19-14(20-22-15)13-9-17-6-7-18-13/h6-7,9,12H,2-5,8,10-11H2,1H3/t12-,16-/m1/s1. The van der Waals surface area contributed by atoms with Crippen LogP contribution in [-0.2, 0) is 5.41 Å². The fourth-order valence-corrected chi connectivity index (χ4v) is 4.17. The molecule has 2 atom stereocenters. The number of aromatic nitrogens is 4. The van der Waals surface area contributed by atoms with Gasteiger partial charge in [-0.1, -0.05) is 18.5 Å². The van der Waals surface area contributed by atoms with E-state index < -0.39 is 0 Å². The monoisotopic (exact) mass is 299 g/mol. The Labute approximate surface area is 130 Å². The summed E-state index contributed by atoms with van der Waals surface area (Å²) in [7, 11) is 0. The fraction of sp³-hybridized carbons (Fsp3) is 0.625. The molecule has 0 spiro atoms. The molecule has 6 nitrogen and oxygen atoms in total. The zero-order chi connectivity index (χ0) is 15.0. The van der Waals surface area contributed by atoms with Crippen molar-refractivity contribution in [3.63, 3.8) is 0 Å². The van der Waals surface area contributed by atoms with Gasteiger partial charge in [-0.2, -0.15) is 4.98 Å². The Hall–Kier alpha value is -1.82. The van der Waals surface area contributed by atoms with Crippen molar-refractivity contribution >= 4 is 0 Å². The van der Waals surface area contributed by atoms with E-state index in [-0.39, 0.29) is 5.41 Å². The van der Waals surface area contributed by atoms with Crippen LogP contribution in [0.3, 0.4) is 0 Å². The molecule has 1 aliphatic carbocycles. The van der Waals surface area contributed by atoms with Crippen LogP contribution in [0.1, 0.15) is 38.5 Å². The first-order chi connectivity index (χ1) is 10.8. The number of hydrogen-bond donors (Lipinski definition) is 0. The van der Waals surface area contributed by atoms with Gasteiger partial charge < -0.3 is 9.42 Å². The van der Waals surface area contributed by atoms with Crippen molar-refractivity contribution in [2.45, 2.75) is 38.0 Å². The van der Waals surface area contributed by atoms with E-state index >= 15 is 0 Å². The smallest absolute Gasteiger partial charge is 0.234 e. The summed E-state index contributed by atoms with van der Waals surface area (Å²) in [5.41, 5.74) is 0.731. The van der Waals surface area contributed by atoms with E-state index in [1.807, 2.05) is 0 Å². The quantitative estimate of drug-likeness (QED) is 0.863. The number of rotatable bonds is 4. The summed E-state index contributed by atoms with van der Waals surface area (Å²) in [6.45, 7) is 5.60. The van der Waals surface area contributed by atoms with Crippen molar-refractivity contribution in [3.05, 3.63) is 24.5 Å². The first-order valence-corrected chi connectivity index (χ1v) is 8.15. The largest absolute Gasteiger partial charge is 0.338 e. The van der Waals surface area contributed by atoms with Gasteiger partial charge in [-0.15, -0.1) is 0 Å². The van der Waals surface area contributed by atoms with Gasteiger partial charge in [0, 0.05) is 25.5 Å². The maximum atomic E-state index is 5.68. The molecule has 0 unspecified atom stereocenters. The van der Waals surface area contributed by atoms with Crippen LogP contribution in [0.4, 0.5) is 0 Å². The maximum absolute atomic E-state index is 5.68. The third-order valence-electron chi connectivity index (χ3n) is 5.13. The molecule has 0 bridgehead atoms. The zero-order valence-electron chi connectivity index (χ0n) is 12.9. The van der Waals surface area contributed by atoms with Gasteiger partial charge in [-0.05, 0) is 31.7 Å². The van der Waals surface area contributed by atoms with Gasteiger partial charge in [-0.25, -0.2) is 4.98 Å². The Morgan fingerprint density at radius 3 is 3.18 bits per heavy atom. The lowest BCUT2D eigenvalue weighted by Gasteiger charge is -2.24. The predicted octanol–water partition coefficient (Wildman–Crippen LogP) is 2.29. The first-order valence-electron chi connectivity index (χ1n) is 8.15. The molecule has 2 aromatic rings. The SMILES string of the molecule is CCCN1C[C@H]2CCC[C@@]2(c2nc(-c3cnccn3)no2)C1. The summed E-state index contributed by atoms with van der Waals surface area (Å²) in [6, 6.07) is 0. The number of likely N-dealkylation sites (tertiary alicyclic amines) is 1. The van der Waals surface area contributed by atoms with Gasteiger partial charge in [0.15, 0.2) is 0 Å². The maximum Gasteiger partial charge on any atom is 0.234 e. The Kier molecular flexibility index (Phi) is 3.41. The van der Waals surface area contributed by atoms with Crippen LogP contribution in [0, 0.1) is 5.92 Å². The second-order valence-electron chi connectivity index (χ2n) is 6.49. The van der Waals surface area contributed by atoms with Crippen LogP contribution < -0.4 is 0 Å². The molecule has 0 amide bonds. The van der Waals surface area contributed by atoms with Crippen LogP contribution >= 0.6 is 0 Å². The topological polar surface area (TPSA) is 67.9 Å². The first kappa shape index (κ1) is 13.8. The van der Waals surface area contributed by atoms with Crippen LogP contribution in [0.15, 0.2) is 23.1 Å². The van der Waals surface area contributed by atoms with Crippen LogP contribution in [0.25, 0.3) is 11.5 Å². The highest BCUT2D eigenvalue weighted by molar-refractivity contribution is 5.45. The normalized spacial score (nSPS) is 28.1. The van der Waals surface area contributed by atoms with E-state index in [1.54, 1.807) is 18.6 Å². The van der Waals surface area contributed by atoms with Crippen molar-refractivity contribution in [2.24, 2.45) is 5.92 Å². The summed E-state index contributed by atoms with van der Waals surface area (Å²) in [5, 5.41) is 4.15. The molecule has 0 N–H and O–H groups in total. The molecule has 0 radical (unpaired) electrons. The van der Waals surface area contributed by atoms with E-state index in [1.165, 1.54) is 19.3 Å². The van der Waals surface area contributed by atoms with Gasteiger partial charge in [0.1, 0.15) is 5.69 Å². The third-order valence-corrected chi connectivity index (χ3v) is 5.13. The third kappa shape index (κ3) is 2.13. The second kappa shape index (κ2) is 5.43. The van der Waals surface area contributed by atoms with E-state index in [0.717, 1.165) is 31.9 Å². The lowest BCUT2D eigenvalue weighted by Crippen LogP contribution is -2.32. The molecule has 4 rings (SSSR count). The lowest BCUT2D eigenvalue weighted by molar-refractivity contribution is 0.248. The molecule has 3 heterocycles. The molecule has 2 aromatic heterocycles. The minimum Gasteiger partial charge on any atom is -0.338 e. The zero-order valence-corrected chi connectivity index (χ0v) is 12.9. The van der Waals surface area contributed by atoms with Crippen LogP contribution in [0.5, 0.6) is 0 Å². The van der Waals surface area contributed by atoms with Gasteiger partial charge in [-0.3, -0.25) is 4.98 Å². The average molecular weight is 299 g/mol. The van der Waals surface area contributed by atoms with Gasteiger partial charge in [0.2, 0.25) is 11.7 Å². The molecule has 1 saturated heterocycles. The highest BCUT2D eigenvalue weighted by Gasteiger charge is 2.53. The fourth-order valence-electron chi connectivity index (χ4n) is 4.17. The van der Waals surface area contributed by atoms with Gasteiger partial charge in [0.05, 0.1) is 11.6 Å². The molecular formula is C16H21N5O. The molecule has 22 heavy (non-hydrogen) atoms. The van der Waals surface area contributed by atoms with Crippen molar-refractivity contribution in [1.29, 1.82) is 0 Å². The molecule has 1 saturated carbocycles. The summed E-state index contributed by atoms with van der Waals surface area (Å²) in [6.07, 6.45) is 9.85. The van der Waals surface area contributed by atoms with Gasteiger partial charge in [0.25, 0.3) is 0 Å². The van der Waals surface area contributed by atoms with Crippen molar-refractivity contribution in [3.8, 4) is 11.5 Å². The predicted molar refractivity (Wildman–Crippen MR) is 81.1 cm³/mol. The highest BCUT2D eigenvalue weighted by atomic mass is 16.5. The molecule has 0 aromatic carbocycles. The molecule has 116 valence electrons. The van der Waals surface area contributed by atoms with E-state index in [9.17, 15) is 0 Å². The van der Waals surface area contributed by atoms with E-state index in [0.29, 0.717) is 17.4 Å². The lowest BCUT2D eigenvalue weighted by atomic mass is 9.80. The Morgan fingerprint density at radius 2 is 2.36 bits per heavy atom. The Morgan fingerprint density at radius 1 is 1.41 bits per heavy atom. The highest BCUT2D eigenvalue weighted by Crippen LogP contribution is 2.50. The minimum atomic E-state index is 0.0582.